The summed E-state index contributed by atoms with van der Waals surface area (Å²) in [6.07, 6.45) is 6.08. The van der Waals surface area contributed by atoms with Gasteiger partial charge in [0.2, 0.25) is 0 Å². The van der Waals surface area contributed by atoms with E-state index in [1.54, 1.807) is 23.1 Å². The van der Waals surface area contributed by atoms with Gasteiger partial charge in [-0.05, 0) is 44.2 Å². The molecule has 25 heavy (non-hydrogen) atoms. The maximum atomic E-state index is 12.4. The highest BCUT2D eigenvalue weighted by molar-refractivity contribution is 5.92. The summed E-state index contributed by atoms with van der Waals surface area (Å²) in [5.41, 5.74) is -0.155. The fourth-order valence-electron chi connectivity index (χ4n) is 4.44. The number of hydrogen-bond donors (Lipinski definition) is 1. The predicted molar refractivity (Wildman–Crippen MR) is 93.8 cm³/mol. The first-order valence-electron chi connectivity index (χ1n) is 9.27. The van der Waals surface area contributed by atoms with Crippen molar-refractivity contribution in [2.24, 2.45) is 5.92 Å². The highest BCUT2D eigenvalue weighted by Gasteiger charge is 2.37. The third-order valence-electron chi connectivity index (χ3n) is 5.72. The zero-order chi connectivity index (χ0) is 17.2. The number of piperidine rings is 2. The number of quaternary nitrogens is 1. The Kier molecular flexibility index (Phi) is 4.57. The standard InChI is InChI=1S/C20H23NO4/c22-19(16-12-14-6-1-2-9-18(14)25-20(16)23)24-13-15-7-5-11-21-10-4-3-8-17(15)21/h1-2,6,9,12,15,17H,3-5,7-8,10-11,13H2/p+1. The summed E-state index contributed by atoms with van der Waals surface area (Å²) in [7, 11) is 0. The normalized spacial score (nSPS) is 26.2. The Morgan fingerprint density at radius 3 is 2.92 bits per heavy atom. The molecule has 0 bridgehead atoms. The van der Waals surface area contributed by atoms with Crippen LogP contribution in [-0.2, 0) is 4.74 Å². The SMILES string of the molecule is O=C(OCC1CCC[NH+]2CCCCC12)c1cc2ccccc2oc1=O. The average Bonchev–Trinajstić information content (AvgIpc) is 2.65. The quantitative estimate of drug-likeness (QED) is 0.682. The molecule has 3 atom stereocenters. The molecular weight excluding hydrogens is 318 g/mol. The molecule has 4 rings (SSSR count). The molecular formula is C20H24NO4+. The molecule has 0 amide bonds. The third-order valence-corrected chi connectivity index (χ3v) is 5.72. The minimum atomic E-state index is -0.628. The zero-order valence-corrected chi connectivity index (χ0v) is 14.3. The number of rotatable bonds is 3. The van der Waals surface area contributed by atoms with Crippen molar-refractivity contribution in [3.8, 4) is 0 Å². The van der Waals surface area contributed by atoms with Gasteiger partial charge in [-0.1, -0.05) is 18.2 Å². The Labute approximate surface area is 146 Å². The molecule has 0 radical (unpaired) electrons. The maximum Gasteiger partial charge on any atom is 0.351 e. The van der Waals surface area contributed by atoms with E-state index in [-0.39, 0.29) is 5.56 Å². The van der Waals surface area contributed by atoms with E-state index in [0.717, 1.165) is 11.8 Å². The summed E-state index contributed by atoms with van der Waals surface area (Å²) in [5, 5.41) is 0.731. The number of nitrogens with one attached hydrogen (secondary N) is 1. The molecule has 1 aromatic carbocycles. The number of benzene rings is 1. The molecule has 1 aromatic heterocycles. The topological polar surface area (TPSA) is 61.0 Å². The van der Waals surface area contributed by atoms with Crippen LogP contribution < -0.4 is 10.5 Å². The van der Waals surface area contributed by atoms with Crippen LogP contribution in [-0.4, -0.2) is 31.7 Å². The molecule has 0 aliphatic carbocycles. The van der Waals surface area contributed by atoms with Crippen LogP contribution in [0.25, 0.3) is 11.0 Å². The molecule has 2 fully saturated rings. The molecule has 2 aromatic rings. The Morgan fingerprint density at radius 1 is 1.16 bits per heavy atom. The summed E-state index contributed by atoms with van der Waals surface area (Å²) in [6, 6.07) is 9.35. The second-order valence-electron chi connectivity index (χ2n) is 7.25. The minimum Gasteiger partial charge on any atom is -0.461 e. The van der Waals surface area contributed by atoms with Crippen LogP contribution in [0.3, 0.4) is 0 Å². The molecule has 0 spiro atoms. The van der Waals surface area contributed by atoms with Crippen LogP contribution in [0, 0.1) is 5.92 Å². The summed E-state index contributed by atoms with van der Waals surface area (Å²) in [6.45, 7) is 2.88. The second kappa shape index (κ2) is 7.00. The van der Waals surface area contributed by atoms with Gasteiger partial charge in [-0.25, -0.2) is 9.59 Å². The van der Waals surface area contributed by atoms with Gasteiger partial charge < -0.3 is 14.1 Å². The highest BCUT2D eigenvalue weighted by Crippen LogP contribution is 2.21. The van der Waals surface area contributed by atoms with Gasteiger partial charge in [0.25, 0.3) is 0 Å². The van der Waals surface area contributed by atoms with Gasteiger partial charge >= 0.3 is 11.6 Å². The van der Waals surface area contributed by atoms with Crippen LogP contribution in [0.5, 0.6) is 0 Å². The van der Waals surface area contributed by atoms with Crippen molar-refractivity contribution in [3.63, 3.8) is 0 Å². The molecule has 3 unspecified atom stereocenters. The number of carbonyl (C=O) groups is 1. The molecule has 3 heterocycles. The van der Waals surface area contributed by atoms with Crippen molar-refractivity contribution < 1.29 is 18.8 Å². The van der Waals surface area contributed by atoms with Gasteiger partial charge in [-0.3, -0.25) is 0 Å². The zero-order valence-electron chi connectivity index (χ0n) is 14.3. The first kappa shape index (κ1) is 16.3. The molecule has 2 saturated heterocycles. The molecule has 132 valence electrons. The lowest BCUT2D eigenvalue weighted by Gasteiger charge is -2.40. The van der Waals surface area contributed by atoms with E-state index in [2.05, 4.69) is 0 Å². The van der Waals surface area contributed by atoms with Gasteiger partial charge in [-0.2, -0.15) is 0 Å². The lowest BCUT2D eigenvalue weighted by Crippen LogP contribution is -3.18. The fraction of sp³-hybridized carbons (Fsp3) is 0.500. The van der Waals surface area contributed by atoms with Crippen LogP contribution in [0.4, 0.5) is 0 Å². The summed E-state index contributed by atoms with van der Waals surface area (Å²) < 4.78 is 10.8. The van der Waals surface area contributed by atoms with Gasteiger partial charge in [0.1, 0.15) is 17.8 Å². The molecule has 5 nitrogen and oxygen atoms in total. The van der Waals surface area contributed by atoms with Crippen molar-refractivity contribution in [1.29, 1.82) is 0 Å². The van der Waals surface area contributed by atoms with Crippen molar-refractivity contribution in [2.75, 3.05) is 19.7 Å². The smallest absolute Gasteiger partial charge is 0.351 e. The van der Waals surface area contributed by atoms with Crippen molar-refractivity contribution in [3.05, 3.63) is 46.3 Å². The summed E-state index contributed by atoms with van der Waals surface area (Å²) >= 11 is 0. The predicted octanol–water partition coefficient (Wildman–Crippen LogP) is 1.80. The number of hydrogen-bond acceptors (Lipinski definition) is 4. The van der Waals surface area contributed by atoms with Gasteiger partial charge in [0.15, 0.2) is 0 Å². The van der Waals surface area contributed by atoms with E-state index in [1.807, 2.05) is 12.1 Å². The van der Waals surface area contributed by atoms with Gasteiger partial charge in [0.05, 0.1) is 19.1 Å². The van der Waals surface area contributed by atoms with E-state index in [0.29, 0.717) is 24.1 Å². The lowest BCUT2D eigenvalue weighted by atomic mass is 9.84. The number of carbonyl (C=O) groups excluding carboxylic acids is 1. The van der Waals surface area contributed by atoms with Crippen LogP contribution in [0.2, 0.25) is 0 Å². The Bertz CT molecular complexity index is 826. The largest absolute Gasteiger partial charge is 0.461 e. The third kappa shape index (κ3) is 3.33. The summed E-state index contributed by atoms with van der Waals surface area (Å²) in [4.78, 5) is 26.2. The fourth-order valence-corrected chi connectivity index (χ4v) is 4.44. The molecule has 5 heteroatoms. The van der Waals surface area contributed by atoms with Gasteiger partial charge in [-0.15, -0.1) is 0 Å². The van der Waals surface area contributed by atoms with Crippen molar-refractivity contribution in [2.45, 2.75) is 38.1 Å². The van der Waals surface area contributed by atoms with E-state index >= 15 is 0 Å². The van der Waals surface area contributed by atoms with Crippen LogP contribution in [0.1, 0.15) is 42.5 Å². The first-order valence-corrected chi connectivity index (χ1v) is 9.27. The first-order chi connectivity index (χ1) is 12.2. The highest BCUT2D eigenvalue weighted by atomic mass is 16.5. The monoisotopic (exact) mass is 342 g/mol. The van der Waals surface area contributed by atoms with Crippen LogP contribution in [0.15, 0.2) is 39.5 Å². The molecule has 0 saturated carbocycles. The summed E-state index contributed by atoms with van der Waals surface area (Å²) in [5.74, 6) is -0.164. The Morgan fingerprint density at radius 2 is 2.00 bits per heavy atom. The van der Waals surface area contributed by atoms with Crippen LogP contribution >= 0.6 is 0 Å². The number of fused-ring (bicyclic) bond motifs is 2. The van der Waals surface area contributed by atoms with Crippen molar-refractivity contribution in [1.82, 2.24) is 0 Å². The number of esters is 1. The number of para-hydroxylation sites is 1. The molecule has 1 N–H and O–H groups in total. The van der Waals surface area contributed by atoms with E-state index < -0.39 is 11.6 Å². The molecule has 2 aliphatic heterocycles. The van der Waals surface area contributed by atoms with E-state index in [1.165, 1.54) is 38.8 Å². The minimum absolute atomic E-state index is 0.0117. The lowest BCUT2D eigenvalue weighted by molar-refractivity contribution is -0.940. The Hall–Kier alpha value is -2.14. The Balaban J connectivity index is 1.47. The van der Waals surface area contributed by atoms with E-state index in [9.17, 15) is 9.59 Å². The number of ether oxygens (including phenoxy) is 1. The molecule has 2 aliphatic rings. The van der Waals surface area contributed by atoms with E-state index in [4.69, 9.17) is 9.15 Å². The second-order valence-corrected chi connectivity index (χ2v) is 7.25. The van der Waals surface area contributed by atoms with Gasteiger partial charge in [0, 0.05) is 11.3 Å². The maximum absolute atomic E-state index is 12.4. The van der Waals surface area contributed by atoms with Crippen molar-refractivity contribution >= 4 is 16.9 Å². The average molecular weight is 342 g/mol.